The second-order valence-electron chi connectivity index (χ2n) is 6.15. The molecule has 1 aromatic heterocycles. The van der Waals surface area contributed by atoms with E-state index in [4.69, 9.17) is 20.9 Å². The number of hydrogen-bond acceptors (Lipinski definition) is 4. The van der Waals surface area contributed by atoms with Crippen molar-refractivity contribution in [2.24, 2.45) is 0 Å². The van der Waals surface area contributed by atoms with Gasteiger partial charge in [0.2, 0.25) is 0 Å². The van der Waals surface area contributed by atoms with E-state index in [2.05, 4.69) is 10.5 Å². The molecule has 0 saturated carbocycles. The van der Waals surface area contributed by atoms with E-state index in [9.17, 15) is 9.18 Å². The molecule has 1 heterocycles. The zero-order valence-electron chi connectivity index (χ0n) is 13.3. The van der Waals surface area contributed by atoms with Gasteiger partial charge in [0.1, 0.15) is 17.3 Å². The predicted octanol–water partition coefficient (Wildman–Crippen LogP) is 4.17. The zero-order valence-corrected chi connectivity index (χ0v) is 14.1. The molecule has 1 aromatic carbocycles. The second-order valence-corrected chi connectivity index (χ2v) is 6.56. The Bertz CT molecular complexity index is 710. The van der Waals surface area contributed by atoms with Crippen LogP contribution in [0, 0.1) is 5.82 Å². The molecule has 1 amide bonds. The summed E-state index contributed by atoms with van der Waals surface area (Å²) in [5, 5.41) is 6.50. The van der Waals surface area contributed by atoms with Crippen LogP contribution in [0.1, 0.15) is 33.5 Å². The van der Waals surface area contributed by atoms with E-state index in [-0.39, 0.29) is 16.2 Å². The molecule has 7 heteroatoms. The number of benzene rings is 1. The fourth-order valence-electron chi connectivity index (χ4n) is 1.73. The minimum atomic E-state index is -0.840. The Kier molecular flexibility index (Phi) is 4.94. The van der Waals surface area contributed by atoms with Gasteiger partial charge < -0.3 is 14.6 Å². The topological polar surface area (TPSA) is 64.4 Å². The summed E-state index contributed by atoms with van der Waals surface area (Å²) in [6.07, 6.45) is -0.840. The molecule has 23 heavy (non-hydrogen) atoms. The standard InChI is InChI=1S/C16H18ClFN2O3/c1-9(22-12-6-5-10(18)7-11(12)17)15(21)19-14-8-13(23-20-14)16(2,3)4/h5-9H,1-4H3,(H,19,20,21)/t9-/m1/s1. The molecule has 2 rings (SSSR count). The smallest absolute Gasteiger partial charge is 0.266 e. The molecule has 1 atom stereocenters. The van der Waals surface area contributed by atoms with Crippen LogP contribution in [0.5, 0.6) is 5.75 Å². The van der Waals surface area contributed by atoms with Gasteiger partial charge in [-0.3, -0.25) is 4.79 Å². The number of hydrogen-bond donors (Lipinski definition) is 1. The summed E-state index contributed by atoms with van der Waals surface area (Å²) in [5.41, 5.74) is -0.209. The average molecular weight is 341 g/mol. The number of anilines is 1. The van der Waals surface area contributed by atoms with Crippen LogP contribution in [0.25, 0.3) is 0 Å². The normalized spacial score (nSPS) is 12.8. The number of amides is 1. The molecule has 0 saturated heterocycles. The zero-order chi connectivity index (χ0) is 17.2. The van der Waals surface area contributed by atoms with E-state index in [1.165, 1.54) is 12.1 Å². The highest BCUT2D eigenvalue weighted by Crippen LogP contribution is 2.27. The molecule has 0 unspecified atom stereocenters. The van der Waals surface area contributed by atoms with E-state index < -0.39 is 17.8 Å². The van der Waals surface area contributed by atoms with Crippen LogP contribution < -0.4 is 10.1 Å². The van der Waals surface area contributed by atoms with E-state index in [0.717, 1.165) is 6.07 Å². The lowest BCUT2D eigenvalue weighted by atomic mass is 9.93. The van der Waals surface area contributed by atoms with Crippen LogP contribution in [0.15, 0.2) is 28.8 Å². The first-order chi connectivity index (χ1) is 10.7. The van der Waals surface area contributed by atoms with Crippen molar-refractivity contribution in [3.8, 4) is 5.75 Å². The molecule has 0 aliphatic rings. The van der Waals surface area contributed by atoms with Crippen molar-refractivity contribution in [2.75, 3.05) is 5.32 Å². The largest absolute Gasteiger partial charge is 0.479 e. The summed E-state index contributed by atoms with van der Waals surface area (Å²) in [6.45, 7) is 7.48. The SMILES string of the molecule is C[C@@H](Oc1ccc(F)cc1Cl)C(=O)Nc1cc(C(C)(C)C)on1. The van der Waals surface area contributed by atoms with E-state index in [1.807, 2.05) is 20.8 Å². The quantitative estimate of drug-likeness (QED) is 0.907. The number of carbonyl (C=O) groups excluding carboxylic acids is 1. The maximum absolute atomic E-state index is 13.0. The van der Waals surface area contributed by atoms with Crippen molar-refractivity contribution in [1.82, 2.24) is 5.16 Å². The molecule has 1 N–H and O–H groups in total. The van der Waals surface area contributed by atoms with E-state index in [1.54, 1.807) is 13.0 Å². The van der Waals surface area contributed by atoms with E-state index >= 15 is 0 Å². The van der Waals surface area contributed by atoms with Crippen LogP contribution in [0.4, 0.5) is 10.2 Å². The number of ether oxygens (including phenoxy) is 1. The molecule has 0 aliphatic heterocycles. The van der Waals surface area contributed by atoms with Crippen molar-refractivity contribution >= 4 is 23.3 Å². The molecule has 0 fully saturated rings. The van der Waals surface area contributed by atoms with Gasteiger partial charge in [-0.25, -0.2) is 4.39 Å². The molecule has 0 bridgehead atoms. The van der Waals surface area contributed by atoms with Gasteiger partial charge >= 0.3 is 0 Å². The average Bonchev–Trinajstić information content (AvgIpc) is 2.90. The number of halogens is 2. The van der Waals surface area contributed by atoms with Gasteiger partial charge in [-0.1, -0.05) is 37.5 Å². The molecule has 0 aliphatic carbocycles. The third-order valence-electron chi connectivity index (χ3n) is 3.07. The summed E-state index contributed by atoms with van der Waals surface area (Å²) in [6, 6.07) is 5.36. The van der Waals surface area contributed by atoms with Gasteiger partial charge in [0.25, 0.3) is 5.91 Å². The van der Waals surface area contributed by atoms with Crippen molar-refractivity contribution < 1.29 is 18.4 Å². The van der Waals surface area contributed by atoms with Crippen LogP contribution in [-0.2, 0) is 10.2 Å². The first kappa shape index (κ1) is 17.3. The van der Waals surface area contributed by atoms with Crippen LogP contribution in [0.2, 0.25) is 5.02 Å². The fraction of sp³-hybridized carbons (Fsp3) is 0.375. The van der Waals surface area contributed by atoms with Gasteiger partial charge in [-0.2, -0.15) is 0 Å². The Morgan fingerprint density at radius 2 is 2.09 bits per heavy atom. The van der Waals surface area contributed by atoms with Gasteiger partial charge in [-0.05, 0) is 25.1 Å². The summed E-state index contributed by atoms with van der Waals surface area (Å²) in [4.78, 5) is 12.1. The number of nitrogens with zero attached hydrogens (tertiary/aromatic N) is 1. The van der Waals surface area contributed by atoms with Gasteiger partial charge in [-0.15, -0.1) is 0 Å². The maximum Gasteiger partial charge on any atom is 0.266 e. The Hall–Kier alpha value is -2.08. The summed E-state index contributed by atoms with van der Waals surface area (Å²) in [7, 11) is 0. The third kappa shape index (κ3) is 4.45. The van der Waals surface area contributed by atoms with Crippen LogP contribution in [-0.4, -0.2) is 17.2 Å². The molecular weight excluding hydrogens is 323 g/mol. The summed E-state index contributed by atoms with van der Waals surface area (Å²) >= 11 is 5.87. The van der Waals surface area contributed by atoms with Crippen molar-refractivity contribution in [3.05, 3.63) is 40.9 Å². The maximum atomic E-state index is 13.0. The number of rotatable bonds is 4. The van der Waals surface area contributed by atoms with Crippen LogP contribution in [0.3, 0.4) is 0 Å². The first-order valence-corrected chi connectivity index (χ1v) is 7.44. The Balaban J connectivity index is 2.01. The molecule has 0 radical (unpaired) electrons. The lowest BCUT2D eigenvalue weighted by Crippen LogP contribution is -2.30. The van der Waals surface area contributed by atoms with Gasteiger partial charge in [0, 0.05) is 11.5 Å². The summed E-state index contributed by atoms with van der Waals surface area (Å²) < 4.78 is 23.6. The lowest BCUT2D eigenvalue weighted by molar-refractivity contribution is -0.122. The number of aromatic nitrogens is 1. The van der Waals surface area contributed by atoms with E-state index in [0.29, 0.717) is 11.6 Å². The highest BCUT2D eigenvalue weighted by Gasteiger charge is 2.22. The predicted molar refractivity (Wildman–Crippen MR) is 85.3 cm³/mol. The first-order valence-electron chi connectivity index (χ1n) is 7.06. The molecule has 0 spiro atoms. The van der Waals surface area contributed by atoms with Crippen LogP contribution >= 0.6 is 11.6 Å². The molecule has 124 valence electrons. The monoisotopic (exact) mass is 340 g/mol. The van der Waals surface area contributed by atoms with Crippen molar-refractivity contribution in [3.63, 3.8) is 0 Å². The van der Waals surface area contributed by atoms with Gasteiger partial charge in [0.15, 0.2) is 11.9 Å². The molecule has 2 aromatic rings. The summed E-state index contributed by atoms with van der Waals surface area (Å²) in [5.74, 6) is 0.297. The Morgan fingerprint density at radius 1 is 1.39 bits per heavy atom. The number of carbonyl (C=O) groups is 1. The minimum absolute atomic E-state index is 0.0982. The minimum Gasteiger partial charge on any atom is -0.479 e. The molecule has 5 nitrogen and oxygen atoms in total. The van der Waals surface area contributed by atoms with Gasteiger partial charge in [0.05, 0.1) is 5.02 Å². The second kappa shape index (κ2) is 6.58. The highest BCUT2D eigenvalue weighted by atomic mass is 35.5. The Morgan fingerprint density at radius 3 is 2.65 bits per heavy atom. The highest BCUT2D eigenvalue weighted by molar-refractivity contribution is 6.32. The molecular formula is C16H18ClFN2O3. The lowest BCUT2D eigenvalue weighted by Gasteiger charge is -2.14. The third-order valence-corrected chi connectivity index (χ3v) is 3.36. The van der Waals surface area contributed by atoms with Crippen molar-refractivity contribution in [2.45, 2.75) is 39.2 Å². The Labute approximate surface area is 138 Å². The number of nitrogens with one attached hydrogen (secondary N) is 1. The fourth-order valence-corrected chi connectivity index (χ4v) is 1.94. The van der Waals surface area contributed by atoms with Crippen molar-refractivity contribution in [1.29, 1.82) is 0 Å².